The molecule has 0 amide bonds. The summed E-state index contributed by atoms with van der Waals surface area (Å²) in [5.74, 6) is -0.983. The molecule has 17 heavy (non-hydrogen) atoms. The zero-order valence-electron chi connectivity index (χ0n) is 9.56. The number of hydrogen-bond acceptors (Lipinski definition) is 4. The number of nitrogens with zero attached hydrogens (tertiary/aromatic N) is 1. The smallest absolute Gasteiger partial charge is 0.315 e. The molecule has 0 aliphatic carbocycles. The van der Waals surface area contributed by atoms with Crippen LogP contribution in [0.25, 0.3) is 10.9 Å². The van der Waals surface area contributed by atoms with Crippen LogP contribution in [0.1, 0.15) is 13.8 Å². The van der Waals surface area contributed by atoms with Crippen molar-refractivity contribution in [2.45, 2.75) is 13.8 Å². The van der Waals surface area contributed by atoms with E-state index in [-0.39, 0.29) is 17.2 Å². The lowest BCUT2D eigenvalue weighted by atomic mass is 10.2. The normalized spacial score (nSPS) is 10.8. The van der Waals surface area contributed by atoms with Gasteiger partial charge in [0.2, 0.25) is 0 Å². The zero-order chi connectivity index (χ0) is 12.4. The van der Waals surface area contributed by atoms with Crippen LogP contribution in [0.3, 0.4) is 0 Å². The Bertz CT molecular complexity index is 616. The van der Waals surface area contributed by atoms with Crippen LogP contribution in [-0.4, -0.2) is 16.2 Å². The fourth-order valence-corrected chi connectivity index (χ4v) is 1.34. The van der Waals surface area contributed by atoms with Crippen molar-refractivity contribution < 1.29 is 9.53 Å². The van der Waals surface area contributed by atoms with Crippen molar-refractivity contribution in [3.05, 3.63) is 34.5 Å². The Morgan fingerprint density at radius 3 is 2.76 bits per heavy atom. The second-order valence-corrected chi connectivity index (χ2v) is 3.98. The lowest BCUT2D eigenvalue weighted by Gasteiger charge is -2.05. The molecule has 0 spiro atoms. The lowest BCUT2D eigenvalue weighted by Crippen LogP contribution is -2.20. The van der Waals surface area contributed by atoms with Gasteiger partial charge in [-0.3, -0.25) is 14.7 Å². The van der Waals surface area contributed by atoms with E-state index in [0.29, 0.717) is 10.9 Å². The molecule has 0 saturated heterocycles. The number of para-hydroxylation sites is 1. The highest BCUT2D eigenvalue weighted by atomic mass is 16.5. The number of aromatic nitrogens is 2. The van der Waals surface area contributed by atoms with Crippen LogP contribution < -0.4 is 10.2 Å². The number of carbonyl (C=O) groups excluding carboxylic acids is 1. The molecule has 5 heteroatoms. The van der Waals surface area contributed by atoms with E-state index in [1.807, 2.05) is 0 Å². The number of ether oxygens (including phenoxy) is 1. The van der Waals surface area contributed by atoms with E-state index >= 15 is 0 Å². The zero-order valence-corrected chi connectivity index (χ0v) is 9.56. The third-order valence-corrected chi connectivity index (χ3v) is 2.31. The number of esters is 1. The lowest BCUT2D eigenvalue weighted by molar-refractivity contribution is -0.138. The van der Waals surface area contributed by atoms with E-state index in [1.54, 1.807) is 38.1 Å². The first kappa shape index (κ1) is 11.3. The highest BCUT2D eigenvalue weighted by Gasteiger charge is 2.14. The maximum atomic E-state index is 11.9. The van der Waals surface area contributed by atoms with E-state index in [4.69, 9.17) is 4.74 Å². The Balaban J connectivity index is 2.47. The molecule has 88 valence electrons. The fraction of sp³-hybridized carbons (Fsp3) is 0.250. The number of fused-ring (bicyclic) bond motifs is 1. The van der Waals surface area contributed by atoms with Gasteiger partial charge in [0, 0.05) is 0 Å². The van der Waals surface area contributed by atoms with Crippen LogP contribution in [0, 0.1) is 5.92 Å². The number of aromatic amines is 1. The second kappa shape index (κ2) is 4.37. The van der Waals surface area contributed by atoms with Crippen LogP contribution in [0.2, 0.25) is 0 Å². The van der Waals surface area contributed by atoms with E-state index in [9.17, 15) is 9.59 Å². The predicted octanol–water partition coefficient (Wildman–Crippen LogP) is 1.48. The van der Waals surface area contributed by atoms with Crippen molar-refractivity contribution >= 4 is 16.9 Å². The molecule has 0 fully saturated rings. The molecule has 0 aliphatic rings. The maximum absolute atomic E-state index is 11.9. The number of H-pyrrole nitrogens is 1. The highest BCUT2D eigenvalue weighted by Crippen LogP contribution is 2.09. The average molecular weight is 232 g/mol. The van der Waals surface area contributed by atoms with E-state index in [0.717, 1.165) is 0 Å². The largest absolute Gasteiger partial charge is 0.402 e. The maximum Gasteiger partial charge on any atom is 0.315 e. The van der Waals surface area contributed by atoms with Gasteiger partial charge in [-0.1, -0.05) is 26.0 Å². The molecular weight excluding hydrogens is 220 g/mol. The van der Waals surface area contributed by atoms with Crippen LogP contribution in [0.15, 0.2) is 29.1 Å². The molecule has 0 atom stereocenters. The van der Waals surface area contributed by atoms with E-state index in [2.05, 4.69) is 10.2 Å². The molecular formula is C12H12N2O3. The average Bonchev–Trinajstić information content (AvgIpc) is 2.33. The first-order chi connectivity index (χ1) is 8.09. The monoisotopic (exact) mass is 232 g/mol. The Labute approximate surface area is 97.4 Å². The molecule has 0 radical (unpaired) electrons. The Morgan fingerprint density at radius 2 is 2.06 bits per heavy atom. The SMILES string of the molecule is CC(C)C(=O)Oc1n[nH]c2ccccc2c1=O. The van der Waals surface area contributed by atoms with Gasteiger partial charge in [0.15, 0.2) is 0 Å². The fourth-order valence-electron chi connectivity index (χ4n) is 1.34. The van der Waals surface area contributed by atoms with Crippen LogP contribution in [0.5, 0.6) is 5.88 Å². The third kappa shape index (κ3) is 2.18. The van der Waals surface area contributed by atoms with Crippen molar-refractivity contribution in [2.75, 3.05) is 0 Å². The summed E-state index contributed by atoms with van der Waals surface area (Å²) in [6, 6.07) is 6.92. The van der Waals surface area contributed by atoms with Crippen molar-refractivity contribution in [3.8, 4) is 5.88 Å². The summed E-state index contributed by atoms with van der Waals surface area (Å²) in [6.45, 7) is 3.38. The van der Waals surface area contributed by atoms with Gasteiger partial charge < -0.3 is 4.74 Å². The van der Waals surface area contributed by atoms with Crippen LogP contribution >= 0.6 is 0 Å². The summed E-state index contributed by atoms with van der Waals surface area (Å²) < 4.78 is 4.92. The molecule has 5 nitrogen and oxygen atoms in total. The Morgan fingerprint density at radius 1 is 1.35 bits per heavy atom. The summed E-state index contributed by atoms with van der Waals surface area (Å²) in [7, 11) is 0. The number of hydrogen-bond donors (Lipinski definition) is 1. The van der Waals surface area contributed by atoms with Gasteiger partial charge in [0.25, 0.3) is 11.3 Å². The van der Waals surface area contributed by atoms with Gasteiger partial charge in [0.05, 0.1) is 16.8 Å². The Hall–Kier alpha value is -2.17. The molecule has 1 heterocycles. The van der Waals surface area contributed by atoms with E-state index < -0.39 is 5.97 Å². The summed E-state index contributed by atoms with van der Waals surface area (Å²) >= 11 is 0. The topological polar surface area (TPSA) is 72.0 Å². The molecule has 1 N–H and O–H groups in total. The number of nitrogens with one attached hydrogen (secondary N) is 1. The van der Waals surface area contributed by atoms with Crippen LogP contribution in [-0.2, 0) is 4.79 Å². The third-order valence-electron chi connectivity index (χ3n) is 2.31. The van der Waals surface area contributed by atoms with Crippen molar-refractivity contribution in [1.29, 1.82) is 0 Å². The summed E-state index contributed by atoms with van der Waals surface area (Å²) in [5.41, 5.74) is 0.232. The van der Waals surface area contributed by atoms with E-state index in [1.165, 1.54) is 0 Å². The second-order valence-electron chi connectivity index (χ2n) is 3.98. The molecule has 0 bridgehead atoms. The molecule has 2 aromatic rings. The van der Waals surface area contributed by atoms with Gasteiger partial charge in [-0.25, -0.2) is 0 Å². The molecule has 1 aromatic carbocycles. The summed E-state index contributed by atoms with van der Waals surface area (Å²) in [6.07, 6.45) is 0. The predicted molar refractivity (Wildman–Crippen MR) is 62.8 cm³/mol. The summed E-state index contributed by atoms with van der Waals surface area (Å²) in [4.78, 5) is 23.3. The van der Waals surface area contributed by atoms with Crippen molar-refractivity contribution in [2.24, 2.45) is 5.92 Å². The highest BCUT2D eigenvalue weighted by molar-refractivity contribution is 5.80. The molecule has 0 unspecified atom stereocenters. The molecule has 1 aromatic heterocycles. The number of rotatable bonds is 2. The number of benzene rings is 1. The quantitative estimate of drug-likeness (QED) is 0.796. The van der Waals surface area contributed by atoms with Gasteiger partial charge in [-0.05, 0) is 12.1 Å². The van der Waals surface area contributed by atoms with Gasteiger partial charge in [-0.15, -0.1) is 5.10 Å². The summed E-state index contributed by atoms with van der Waals surface area (Å²) in [5, 5.41) is 6.88. The number of carbonyl (C=O) groups is 1. The van der Waals surface area contributed by atoms with Crippen molar-refractivity contribution in [1.82, 2.24) is 10.2 Å². The minimum atomic E-state index is -0.474. The first-order valence-electron chi connectivity index (χ1n) is 5.28. The minimum Gasteiger partial charge on any atom is -0.402 e. The van der Waals surface area contributed by atoms with Gasteiger partial charge >= 0.3 is 5.97 Å². The standard InChI is InChI=1S/C12H12N2O3/c1-7(2)12(16)17-11-10(15)8-5-3-4-6-9(8)13-14-11/h3-7H,1-2H3,(H,13,15). The Kier molecular flexibility index (Phi) is 2.91. The minimum absolute atomic E-state index is 0.206. The van der Waals surface area contributed by atoms with Gasteiger partial charge in [-0.2, -0.15) is 0 Å². The molecule has 2 rings (SSSR count). The first-order valence-corrected chi connectivity index (χ1v) is 5.28. The molecule has 0 saturated carbocycles. The molecule has 0 aliphatic heterocycles. The van der Waals surface area contributed by atoms with Gasteiger partial charge in [0.1, 0.15) is 0 Å². The van der Waals surface area contributed by atoms with Crippen molar-refractivity contribution in [3.63, 3.8) is 0 Å². The van der Waals surface area contributed by atoms with Crippen LogP contribution in [0.4, 0.5) is 0 Å².